The van der Waals surface area contributed by atoms with Gasteiger partial charge >= 0.3 is 0 Å². The van der Waals surface area contributed by atoms with Gasteiger partial charge in [-0.15, -0.1) is 0 Å². The van der Waals surface area contributed by atoms with Gasteiger partial charge in [0.2, 0.25) is 10.0 Å². The van der Waals surface area contributed by atoms with Gasteiger partial charge in [-0.25, -0.2) is 13.3 Å². The number of sulfonamides is 1. The van der Waals surface area contributed by atoms with Crippen LogP contribution in [0, 0.1) is 6.92 Å². The van der Waals surface area contributed by atoms with E-state index in [2.05, 4.69) is 20.0 Å². The molecule has 0 radical (unpaired) electrons. The van der Waals surface area contributed by atoms with Crippen LogP contribution in [0.5, 0.6) is 5.75 Å². The number of benzene rings is 2. The second kappa shape index (κ2) is 9.12. The highest BCUT2D eigenvalue weighted by Crippen LogP contribution is 2.32. The summed E-state index contributed by atoms with van der Waals surface area (Å²) in [6, 6.07) is 13.5. The molecule has 0 bridgehead atoms. The van der Waals surface area contributed by atoms with Crippen molar-refractivity contribution in [3.8, 4) is 5.75 Å². The number of imide groups is 1. The van der Waals surface area contributed by atoms with E-state index >= 15 is 0 Å². The zero-order chi connectivity index (χ0) is 24.5. The zero-order valence-electron chi connectivity index (χ0n) is 17.9. The van der Waals surface area contributed by atoms with Crippen molar-refractivity contribution < 1.29 is 22.7 Å². The number of nitrogens with zero attached hydrogens (tertiary/aromatic N) is 4. The van der Waals surface area contributed by atoms with Gasteiger partial charge in [-0.2, -0.15) is 0 Å². The molecule has 0 aliphatic carbocycles. The highest BCUT2D eigenvalue weighted by atomic mass is 35.5. The van der Waals surface area contributed by atoms with Gasteiger partial charge in [-0.3, -0.25) is 14.3 Å². The lowest BCUT2D eigenvalue weighted by atomic mass is 10.2. The van der Waals surface area contributed by atoms with Gasteiger partial charge in [0, 0.05) is 17.7 Å². The first-order chi connectivity index (χ1) is 16.2. The van der Waals surface area contributed by atoms with Crippen molar-refractivity contribution in [1.29, 1.82) is 0 Å². The van der Waals surface area contributed by atoms with Crippen LogP contribution in [-0.2, 0) is 19.6 Å². The molecule has 1 aliphatic rings. The first-order valence-electron chi connectivity index (χ1n) is 9.77. The summed E-state index contributed by atoms with van der Waals surface area (Å²) < 4.78 is 33.9. The Morgan fingerprint density at radius 1 is 1.06 bits per heavy atom. The fraction of sp³-hybridized carbons (Fsp3) is 0.0909. The molecule has 1 aliphatic heterocycles. The van der Waals surface area contributed by atoms with Crippen LogP contribution in [0.3, 0.4) is 0 Å². The third-order valence-corrected chi connectivity index (χ3v) is 6.37. The number of amides is 2. The Labute approximate surface area is 200 Å². The number of halogens is 1. The highest BCUT2D eigenvalue weighted by Gasteiger charge is 2.39. The molecule has 0 saturated heterocycles. The number of aromatic nitrogens is 2. The van der Waals surface area contributed by atoms with E-state index in [9.17, 15) is 18.0 Å². The largest absolute Gasteiger partial charge is 0.497 e. The maximum absolute atomic E-state index is 12.9. The van der Waals surface area contributed by atoms with Crippen molar-refractivity contribution in [2.24, 2.45) is 0 Å². The number of rotatable bonds is 7. The van der Waals surface area contributed by atoms with E-state index in [0.29, 0.717) is 22.8 Å². The van der Waals surface area contributed by atoms with Crippen LogP contribution >= 0.6 is 11.6 Å². The van der Waals surface area contributed by atoms with Crippen LogP contribution in [0.4, 0.5) is 17.3 Å². The minimum Gasteiger partial charge on any atom is -0.497 e. The number of carbonyl (C=O) groups excluding carboxylic acids is 2. The number of methoxy groups -OCH3 is 1. The fourth-order valence-electron chi connectivity index (χ4n) is 3.09. The van der Waals surface area contributed by atoms with Crippen LogP contribution < -0.4 is 15.0 Å². The van der Waals surface area contributed by atoms with Gasteiger partial charge in [0.15, 0.2) is 0 Å². The number of carbonyl (C=O) groups is 2. The second-order valence-electron chi connectivity index (χ2n) is 7.05. The Hall–Kier alpha value is -3.96. The summed E-state index contributed by atoms with van der Waals surface area (Å²) in [5, 5.41) is 2.49. The summed E-state index contributed by atoms with van der Waals surface area (Å²) in [5.41, 5.74) is 1.08. The molecule has 34 heavy (non-hydrogen) atoms. The highest BCUT2D eigenvalue weighted by molar-refractivity contribution is 7.94. The number of aryl methyl sites for hydroxylation is 1. The van der Waals surface area contributed by atoms with Crippen LogP contribution in [0.2, 0.25) is 0 Å². The second-order valence-corrected chi connectivity index (χ2v) is 9.03. The van der Waals surface area contributed by atoms with E-state index < -0.39 is 21.8 Å². The summed E-state index contributed by atoms with van der Waals surface area (Å²) in [6.07, 6.45) is 1.41. The topological polar surface area (TPSA) is 133 Å². The maximum Gasteiger partial charge on any atom is 0.283 e. The lowest BCUT2D eigenvalue weighted by Gasteiger charge is -2.16. The Kier molecular flexibility index (Phi) is 6.22. The summed E-state index contributed by atoms with van der Waals surface area (Å²) >= 11 is 6.15. The molecule has 3 aromatic rings. The summed E-state index contributed by atoms with van der Waals surface area (Å²) in [5.74, 6) is -1.06. The normalized spacial score (nSPS) is 13.9. The third-order valence-electron chi connectivity index (χ3n) is 4.74. The molecule has 2 aromatic carbocycles. The predicted molar refractivity (Wildman–Crippen MR) is 125 cm³/mol. The smallest absolute Gasteiger partial charge is 0.283 e. The van der Waals surface area contributed by atoms with Crippen LogP contribution in [0.15, 0.2) is 76.4 Å². The average molecular weight is 499 g/mol. The molecule has 0 atom stereocenters. The molecule has 2 heterocycles. The van der Waals surface area contributed by atoms with E-state index in [4.69, 9.17) is 16.3 Å². The van der Waals surface area contributed by atoms with Crippen LogP contribution in [0.1, 0.15) is 5.69 Å². The minimum absolute atomic E-state index is 0.102. The van der Waals surface area contributed by atoms with Crippen molar-refractivity contribution in [3.05, 3.63) is 81.9 Å². The van der Waals surface area contributed by atoms with Crippen LogP contribution in [-0.4, -0.2) is 37.3 Å². The Morgan fingerprint density at radius 2 is 1.79 bits per heavy atom. The number of ether oxygens (including phenoxy) is 1. The lowest BCUT2D eigenvalue weighted by Crippen LogP contribution is -2.32. The maximum atomic E-state index is 12.9. The molecule has 0 fully saturated rings. The molecule has 174 valence electrons. The van der Waals surface area contributed by atoms with Gasteiger partial charge in [-0.05, 0) is 55.2 Å². The van der Waals surface area contributed by atoms with E-state index in [1.54, 1.807) is 31.2 Å². The molecule has 4 rings (SSSR count). The third kappa shape index (κ3) is 4.56. The summed E-state index contributed by atoms with van der Waals surface area (Å²) in [6.45, 7) is 1.69. The van der Waals surface area contributed by atoms with E-state index in [1.807, 2.05) is 0 Å². The molecular weight excluding hydrogens is 482 g/mol. The quantitative estimate of drug-likeness (QED) is 0.488. The average Bonchev–Trinajstić information content (AvgIpc) is 3.02. The van der Waals surface area contributed by atoms with Gasteiger partial charge in [0.05, 0.1) is 17.7 Å². The van der Waals surface area contributed by atoms with Gasteiger partial charge < -0.3 is 20.0 Å². The van der Waals surface area contributed by atoms with Gasteiger partial charge in [0.25, 0.3) is 11.8 Å². The minimum atomic E-state index is -4.06. The summed E-state index contributed by atoms with van der Waals surface area (Å²) in [4.78, 5) is 34.2. The van der Waals surface area contributed by atoms with E-state index in [0.717, 1.165) is 4.90 Å². The Balaban J connectivity index is 1.52. The Morgan fingerprint density at radius 3 is 2.47 bits per heavy atom. The zero-order valence-corrected chi connectivity index (χ0v) is 19.5. The van der Waals surface area contributed by atoms with Crippen molar-refractivity contribution in [3.63, 3.8) is 0 Å². The first kappa shape index (κ1) is 23.2. The predicted octanol–water partition coefficient (Wildman–Crippen LogP) is 3.62. The molecule has 0 spiro atoms. The molecule has 12 heteroatoms. The van der Waals surface area contributed by atoms with Gasteiger partial charge in [0.1, 0.15) is 16.5 Å². The van der Waals surface area contributed by atoms with Crippen molar-refractivity contribution in [2.45, 2.75) is 11.8 Å². The van der Waals surface area contributed by atoms with Crippen LogP contribution in [0.25, 0.3) is 4.72 Å². The van der Waals surface area contributed by atoms with E-state index in [-0.39, 0.29) is 21.6 Å². The summed E-state index contributed by atoms with van der Waals surface area (Å²) in [7, 11) is -2.59. The van der Waals surface area contributed by atoms with Crippen molar-refractivity contribution in [2.75, 3.05) is 17.3 Å². The standard InChI is InChI=1S/C22H18ClN5O5S/c1-13-10-11-24-22(25-13)27-34(31,32)17-8-6-14(7-9-17)26-19-18(23)20(29)28(21(19)30)15-4-3-5-16(12-15)33-2/h3-12H,1-2H3,(H2,24,25,26,27,29)/p-1. The number of hydrogen-bond donors (Lipinski definition) is 1. The molecule has 0 unspecified atom stereocenters. The fourth-order valence-corrected chi connectivity index (χ4v) is 4.19. The molecule has 1 N–H and O–H groups in total. The first-order valence-corrected chi connectivity index (χ1v) is 11.6. The van der Waals surface area contributed by atoms with E-state index in [1.165, 1.54) is 43.6 Å². The number of nitrogens with one attached hydrogen (secondary N) is 1. The SMILES string of the molecule is COc1cccc(N2C(=O)C(Cl)=C(Nc3ccc(S(=O)(=O)[N-]c4nccc(C)n4)cc3)C2=O)c1. The molecular formula is C22H17ClN5O5S-. The number of hydrogen-bond acceptors (Lipinski definition) is 8. The molecule has 10 nitrogen and oxygen atoms in total. The molecule has 1 aromatic heterocycles. The molecule has 2 amide bonds. The molecule has 0 saturated carbocycles. The van der Waals surface area contributed by atoms with Crippen molar-refractivity contribution >= 4 is 50.8 Å². The monoisotopic (exact) mass is 498 g/mol. The Bertz CT molecular complexity index is 1420. The van der Waals surface area contributed by atoms with Crippen molar-refractivity contribution in [1.82, 2.24) is 9.97 Å². The van der Waals surface area contributed by atoms with Gasteiger partial charge in [-0.1, -0.05) is 23.7 Å². The number of anilines is 2. The lowest BCUT2D eigenvalue weighted by molar-refractivity contribution is -0.120.